The van der Waals surface area contributed by atoms with Crippen LogP contribution in [-0.2, 0) is 17.4 Å². The number of hydrogen-bond donors (Lipinski definition) is 1. The van der Waals surface area contributed by atoms with E-state index in [-0.39, 0.29) is 5.92 Å². The first-order chi connectivity index (χ1) is 8.02. The van der Waals surface area contributed by atoms with Crippen LogP contribution >= 0.6 is 11.6 Å². The zero-order valence-corrected chi connectivity index (χ0v) is 11.4. The largest absolute Gasteiger partial charge is 0.467 e. The van der Waals surface area contributed by atoms with Crippen LogP contribution in [0.5, 0.6) is 0 Å². The van der Waals surface area contributed by atoms with E-state index < -0.39 is 11.0 Å². The Hall–Kier alpha value is -0.960. The lowest BCUT2D eigenvalue weighted by atomic mass is 10.0. The van der Waals surface area contributed by atoms with Crippen LogP contribution in [0.2, 0.25) is 5.15 Å². The van der Waals surface area contributed by atoms with Crippen molar-refractivity contribution < 1.29 is 8.50 Å². The highest BCUT2D eigenvalue weighted by molar-refractivity contribution is 7.78. The molecule has 0 aliphatic heterocycles. The average molecular weight is 273 g/mol. The Morgan fingerprint density at radius 2 is 2.35 bits per heavy atom. The minimum Gasteiger partial charge on any atom is -0.306 e. The van der Waals surface area contributed by atoms with Gasteiger partial charge < -0.3 is 4.55 Å². The van der Waals surface area contributed by atoms with Gasteiger partial charge in [-0.15, -0.1) is 3.95 Å². The molecule has 2 atom stereocenters. The Kier molecular flexibility index (Phi) is 5.56. The summed E-state index contributed by atoms with van der Waals surface area (Å²) in [7, 11) is -1.00. The number of nitriles is 1. The summed E-state index contributed by atoms with van der Waals surface area (Å²) < 4.78 is 10.7. The van der Waals surface area contributed by atoms with Crippen LogP contribution < -0.4 is 0 Å². The monoisotopic (exact) mass is 272 g/mol. The molecule has 0 radical (unpaired) electrons. The third-order valence-electron chi connectivity index (χ3n) is 2.28. The normalized spacial score (nSPS) is 14.9. The number of halogens is 1. The van der Waals surface area contributed by atoms with Crippen molar-refractivity contribution >= 4 is 22.6 Å². The van der Waals surface area contributed by atoms with Gasteiger partial charge in [-0.3, -0.25) is 0 Å². The van der Waals surface area contributed by atoms with E-state index in [1.54, 1.807) is 18.5 Å². The maximum Gasteiger partial charge on any atom is 0.467 e. The molecule has 1 heterocycles. The summed E-state index contributed by atoms with van der Waals surface area (Å²) in [6.45, 7) is 2.57. The SMILES string of the molecule is CC(Cc1ccc(Cl)nc1)C[N+](C#N)=S(C)O. The van der Waals surface area contributed by atoms with Gasteiger partial charge in [-0.1, -0.05) is 24.6 Å². The highest BCUT2D eigenvalue weighted by Crippen LogP contribution is 2.10. The highest BCUT2D eigenvalue weighted by Gasteiger charge is 2.12. The fourth-order valence-electron chi connectivity index (χ4n) is 1.48. The fourth-order valence-corrected chi connectivity index (χ4v) is 2.19. The van der Waals surface area contributed by atoms with Gasteiger partial charge in [0.25, 0.3) is 0 Å². The molecule has 0 fully saturated rings. The summed E-state index contributed by atoms with van der Waals surface area (Å²) in [5.74, 6) is 0.264. The molecule has 0 spiro atoms. The highest BCUT2D eigenvalue weighted by atomic mass is 35.5. The summed E-state index contributed by atoms with van der Waals surface area (Å²) in [4.78, 5) is 4.01. The number of nitrogens with zero attached hydrogens (tertiary/aromatic N) is 3. The van der Waals surface area contributed by atoms with Crippen molar-refractivity contribution in [2.24, 2.45) is 5.92 Å². The molecule has 0 amide bonds. The number of rotatable bonds is 4. The lowest BCUT2D eigenvalue weighted by Gasteiger charge is -2.09. The molecule has 1 N–H and O–H groups in total. The van der Waals surface area contributed by atoms with Crippen LogP contribution in [0.25, 0.3) is 0 Å². The van der Waals surface area contributed by atoms with Gasteiger partial charge >= 0.3 is 6.19 Å². The predicted molar refractivity (Wildman–Crippen MR) is 68.8 cm³/mol. The van der Waals surface area contributed by atoms with E-state index in [1.807, 2.05) is 19.2 Å². The Balaban J connectivity index is 2.62. The summed E-state index contributed by atoms with van der Waals surface area (Å²) in [6, 6.07) is 3.68. The van der Waals surface area contributed by atoms with E-state index in [4.69, 9.17) is 16.9 Å². The molecule has 92 valence electrons. The second kappa shape index (κ2) is 6.70. The molecule has 1 rings (SSSR count). The number of hydrogen-bond acceptors (Lipinski definition) is 2. The number of aromatic nitrogens is 1. The van der Waals surface area contributed by atoms with E-state index >= 15 is 0 Å². The third-order valence-corrected chi connectivity index (χ3v) is 3.37. The molecule has 1 aromatic rings. The molecular formula is C11H15ClN3OS+. The van der Waals surface area contributed by atoms with Crippen LogP contribution in [0.1, 0.15) is 12.5 Å². The van der Waals surface area contributed by atoms with Crippen molar-refractivity contribution in [1.82, 2.24) is 4.98 Å². The maximum atomic E-state index is 9.36. The predicted octanol–water partition coefficient (Wildman–Crippen LogP) is 2.31. The summed E-state index contributed by atoms with van der Waals surface area (Å²) in [6.07, 6.45) is 6.14. The van der Waals surface area contributed by atoms with Crippen LogP contribution in [0, 0.1) is 17.4 Å². The zero-order chi connectivity index (χ0) is 12.8. The van der Waals surface area contributed by atoms with Crippen molar-refractivity contribution in [3.63, 3.8) is 0 Å². The van der Waals surface area contributed by atoms with E-state index in [0.29, 0.717) is 11.7 Å². The average Bonchev–Trinajstić information content (AvgIpc) is 2.28. The van der Waals surface area contributed by atoms with Crippen molar-refractivity contribution in [2.75, 3.05) is 12.8 Å². The van der Waals surface area contributed by atoms with Gasteiger partial charge in [-0.25, -0.2) is 4.98 Å². The first kappa shape index (κ1) is 14.1. The van der Waals surface area contributed by atoms with Crippen LogP contribution in [0.15, 0.2) is 18.3 Å². The topological polar surface area (TPSA) is 59.9 Å². The first-order valence-corrected chi connectivity index (χ1v) is 7.08. The first-order valence-electron chi connectivity index (χ1n) is 5.15. The van der Waals surface area contributed by atoms with E-state index in [0.717, 1.165) is 12.0 Å². The second-order valence-electron chi connectivity index (χ2n) is 3.91. The minimum atomic E-state index is -1.00. The van der Waals surface area contributed by atoms with Crippen LogP contribution in [0.4, 0.5) is 0 Å². The van der Waals surface area contributed by atoms with Crippen LogP contribution in [0.3, 0.4) is 0 Å². The quantitative estimate of drug-likeness (QED) is 0.396. The summed E-state index contributed by atoms with van der Waals surface area (Å²) in [5, 5.41) is 9.32. The van der Waals surface area contributed by atoms with Gasteiger partial charge in [0, 0.05) is 12.5 Å². The van der Waals surface area contributed by atoms with Crippen molar-refractivity contribution in [2.45, 2.75) is 13.3 Å². The minimum absolute atomic E-state index is 0.264. The van der Waals surface area contributed by atoms with Gasteiger partial charge in [0.1, 0.15) is 22.7 Å². The lowest BCUT2D eigenvalue weighted by molar-refractivity contribution is -0.424. The van der Waals surface area contributed by atoms with Gasteiger partial charge in [-0.05, 0) is 24.0 Å². The molecule has 0 aliphatic rings. The molecule has 1 aromatic heterocycles. The third kappa shape index (κ3) is 4.82. The Labute approximate surface area is 109 Å². The van der Waals surface area contributed by atoms with Gasteiger partial charge in [0.15, 0.2) is 5.26 Å². The number of pyridine rings is 1. The molecular weight excluding hydrogens is 258 g/mol. The smallest absolute Gasteiger partial charge is 0.306 e. The molecule has 6 heteroatoms. The summed E-state index contributed by atoms with van der Waals surface area (Å²) >= 11 is 5.70. The van der Waals surface area contributed by atoms with Gasteiger partial charge in [0.2, 0.25) is 0 Å². The molecule has 17 heavy (non-hydrogen) atoms. The molecule has 0 aliphatic carbocycles. The second-order valence-corrected chi connectivity index (χ2v) is 5.63. The summed E-state index contributed by atoms with van der Waals surface area (Å²) in [5.41, 5.74) is 1.08. The maximum absolute atomic E-state index is 9.36. The van der Waals surface area contributed by atoms with Gasteiger partial charge in [0.05, 0.1) is 0 Å². The molecule has 0 aromatic carbocycles. The van der Waals surface area contributed by atoms with E-state index in [9.17, 15) is 4.55 Å². The fraction of sp³-hybridized carbons (Fsp3) is 0.455. The van der Waals surface area contributed by atoms with Crippen LogP contribution in [-0.4, -0.2) is 26.3 Å². The Morgan fingerprint density at radius 3 is 2.82 bits per heavy atom. The zero-order valence-electron chi connectivity index (χ0n) is 9.80. The van der Waals surface area contributed by atoms with Crippen molar-refractivity contribution in [3.8, 4) is 6.19 Å². The van der Waals surface area contributed by atoms with E-state index in [1.165, 1.54) is 3.95 Å². The standard InChI is InChI=1S/C11H14ClN3OS/c1-9(7-15(8-13)17(2)16)5-10-3-4-11(12)14-6-10/h3-4,6,9H,5,7H2,1-2H3/p+1. The molecule has 4 nitrogen and oxygen atoms in total. The van der Waals surface area contributed by atoms with Crippen molar-refractivity contribution in [3.05, 3.63) is 29.0 Å². The molecule has 0 saturated carbocycles. The van der Waals surface area contributed by atoms with Gasteiger partial charge in [-0.2, -0.15) is 0 Å². The van der Waals surface area contributed by atoms with E-state index in [2.05, 4.69) is 4.98 Å². The Bertz CT molecular complexity index is 449. The molecule has 0 saturated heterocycles. The molecule has 2 unspecified atom stereocenters. The van der Waals surface area contributed by atoms with Crippen molar-refractivity contribution in [1.29, 1.82) is 5.26 Å². The molecule has 0 bridgehead atoms. The lowest BCUT2D eigenvalue weighted by Crippen LogP contribution is -2.19. The Morgan fingerprint density at radius 1 is 1.65 bits per heavy atom.